The van der Waals surface area contributed by atoms with E-state index in [-0.39, 0.29) is 18.3 Å². The first-order valence-electron chi connectivity index (χ1n) is 6.55. The van der Waals surface area contributed by atoms with Crippen molar-refractivity contribution in [1.29, 1.82) is 0 Å². The Balaban J connectivity index is 2.48. The van der Waals surface area contributed by atoms with E-state index in [1.807, 2.05) is 6.92 Å². The van der Waals surface area contributed by atoms with Crippen LogP contribution in [0.15, 0.2) is 0 Å². The molecule has 17 heavy (non-hydrogen) atoms. The number of rotatable bonds is 5. The molecule has 0 N–H and O–H groups in total. The first-order chi connectivity index (χ1) is 7.68. The first-order valence-corrected chi connectivity index (χ1v) is 6.55. The van der Waals surface area contributed by atoms with Crippen molar-refractivity contribution < 1.29 is 14.1 Å². The molecule has 3 nitrogen and oxygen atoms in total. The van der Waals surface area contributed by atoms with Crippen LogP contribution in [0.25, 0.3) is 0 Å². The number of Topliss-reactive ketones (excluding diaryl/α,β-unsaturated/α-hetero) is 1. The number of hydrogen-bond donors (Lipinski definition) is 0. The summed E-state index contributed by atoms with van der Waals surface area (Å²) in [5.74, 6) is 0.631. The number of ketones is 1. The van der Waals surface area contributed by atoms with Crippen molar-refractivity contribution in [1.82, 2.24) is 0 Å². The van der Waals surface area contributed by atoms with Gasteiger partial charge in [0.25, 0.3) is 0 Å². The standard InChI is InChI=1S/C13H25BO3/c1-7-11(15)8-10(2)9-14-16-12(3,4)13(5,6)17-14/h10H,7-9H2,1-6H3. The van der Waals surface area contributed by atoms with Crippen LogP contribution in [0.2, 0.25) is 6.32 Å². The third-order valence-electron chi connectivity index (χ3n) is 3.87. The molecule has 4 heteroatoms. The van der Waals surface area contributed by atoms with Crippen LogP contribution < -0.4 is 0 Å². The van der Waals surface area contributed by atoms with Crippen molar-refractivity contribution >= 4 is 12.9 Å². The van der Waals surface area contributed by atoms with Gasteiger partial charge in [-0.3, -0.25) is 4.79 Å². The van der Waals surface area contributed by atoms with Crippen LogP contribution >= 0.6 is 0 Å². The maximum absolute atomic E-state index is 11.4. The zero-order valence-electron chi connectivity index (χ0n) is 12.0. The van der Waals surface area contributed by atoms with E-state index in [4.69, 9.17) is 9.31 Å². The molecular formula is C13H25BO3. The summed E-state index contributed by atoms with van der Waals surface area (Å²) in [4.78, 5) is 11.4. The zero-order chi connectivity index (χ0) is 13.3. The monoisotopic (exact) mass is 240 g/mol. The average Bonchev–Trinajstić information content (AvgIpc) is 2.34. The van der Waals surface area contributed by atoms with Gasteiger partial charge in [0.2, 0.25) is 0 Å². The van der Waals surface area contributed by atoms with Gasteiger partial charge in [0, 0.05) is 12.8 Å². The predicted octanol–water partition coefficient (Wildman–Crippen LogP) is 3.08. The minimum atomic E-state index is -0.272. The summed E-state index contributed by atoms with van der Waals surface area (Å²) in [5.41, 5.74) is -0.543. The summed E-state index contributed by atoms with van der Waals surface area (Å²) in [7, 11) is -0.181. The molecule has 0 bridgehead atoms. The van der Waals surface area contributed by atoms with Crippen LogP contribution in [0.3, 0.4) is 0 Å². The van der Waals surface area contributed by atoms with Gasteiger partial charge in [-0.25, -0.2) is 0 Å². The van der Waals surface area contributed by atoms with Gasteiger partial charge in [-0.1, -0.05) is 13.8 Å². The highest BCUT2D eigenvalue weighted by molar-refractivity contribution is 6.45. The van der Waals surface area contributed by atoms with Crippen LogP contribution in [0.1, 0.15) is 54.4 Å². The maximum Gasteiger partial charge on any atom is 0.458 e. The molecule has 1 aliphatic heterocycles. The van der Waals surface area contributed by atoms with E-state index in [0.717, 1.165) is 6.32 Å². The number of hydrogen-bond acceptors (Lipinski definition) is 3. The Morgan fingerprint density at radius 1 is 1.18 bits per heavy atom. The lowest BCUT2D eigenvalue weighted by Gasteiger charge is -2.32. The third kappa shape index (κ3) is 3.55. The smallest absolute Gasteiger partial charge is 0.403 e. The number of carbonyl (C=O) groups excluding carboxylic acids is 1. The second kappa shape index (κ2) is 5.11. The van der Waals surface area contributed by atoms with Gasteiger partial charge in [0.15, 0.2) is 0 Å². The van der Waals surface area contributed by atoms with Crippen molar-refractivity contribution in [3.8, 4) is 0 Å². The first kappa shape index (κ1) is 14.7. The Hall–Kier alpha value is -0.345. The molecule has 1 fully saturated rings. The lowest BCUT2D eigenvalue weighted by molar-refractivity contribution is -0.119. The van der Waals surface area contributed by atoms with Crippen molar-refractivity contribution in [2.45, 2.75) is 71.9 Å². The van der Waals surface area contributed by atoms with E-state index in [0.29, 0.717) is 24.5 Å². The molecular weight excluding hydrogens is 215 g/mol. The van der Waals surface area contributed by atoms with Gasteiger partial charge in [-0.2, -0.15) is 0 Å². The molecule has 1 saturated heterocycles. The second-order valence-electron chi connectivity index (χ2n) is 6.12. The van der Waals surface area contributed by atoms with Gasteiger partial charge >= 0.3 is 7.12 Å². The topological polar surface area (TPSA) is 35.5 Å². The Morgan fingerprint density at radius 2 is 1.65 bits per heavy atom. The summed E-state index contributed by atoms with van der Waals surface area (Å²) in [6, 6.07) is 0. The van der Waals surface area contributed by atoms with Crippen LogP contribution in [-0.4, -0.2) is 24.1 Å². The molecule has 98 valence electrons. The molecule has 1 atom stereocenters. The van der Waals surface area contributed by atoms with Crippen molar-refractivity contribution in [3.05, 3.63) is 0 Å². The van der Waals surface area contributed by atoms with E-state index in [1.54, 1.807) is 0 Å². The molecule has 0 radical (unpaired) electrons. The Morgan fingerprint density at radius 3 is 2.06 bits per heavy atom. The summed E-state index contributed by atoms with van der Waals surface area (Å²) < 4.78 is 11.8. The van der Waals surface area contributed by atoms with Gasteiger partial charge in [0.1, 0.15) is 5.78 Å². The van der Waals surface area contributed by atoms with E-state index < -0.39 is 0 Å². The van der Waals surface area contributed by atoms with Crippen LogP contribution in [-0.2, 0) is 14.1 Å². The molecule has 1 rings (SSSR count). The van der Waals surface area contributed by atoms with E-state index in [9.17, 15) is 4.79 Å². The van der Waals surface area contributed by atoms with Crippen LogP contribution in [0.5, 0.6) is 0 Å². The molecule has 0 saturated carbocycles. The fraction of sp³-hybridized carbons (Fsp3) is 0.923. The molecule has 0 spiro atoms. The molecule has 1 unspecified atom stereocenters. The molecule has 1 heterocycles. The Kier molecular flexibility index (Phi) is 4.42. The Labute approximate surface area is 105 Å². The fourth-order valence-electron chi connectivity index (χ4n) is 2.01. The van der Waals surface area contributed by atoms with Crippen molar-refractivity contribution in [3.63, 3.8) is 0 Å². The molecule has 0 aliphatic carbocycles. The Bertz CT molecular complexity index is 270. The van der Waals surface area contributed by atoms with Gasteiger partial charge < -0.3 is 9.31 Å². The summed E-state index contributed by atoms with van der Waals surface area (Å²) in [5, 5.41) is 0. The summed E-state index contributed by atoms with van der Waals surface area (Å²) >= 11 is 0. The average molecular weight is 240 g/mol. The summed E-state index contributed by atoms with van der Waals surface area (Å²) in [6.07, 6.45) is 2.03. The minimum Gasteiger partial charge on any atom is -0.403 e. The van der Waals surface area contributed by atoms with Crippen molar-refractivity contribution in [2.75, 3.05) is 0 Å². The van der Waals surface area contributed by atoms with Gasteiger partial charge in [-0.15, -0.1) is 0 Å². The fourth-order valence-corrected chi connectivity index (χ4v) is 2.01. The van der Waals surface area contributed by atoms with E-state index in [1.165, 1.54) is 0 Å². The third-order valence-corrected chi connectivity index (χ3v) is 3.87. The van der Waals surface area contributed by atoms with Crippen molar-refractivity contribution in [2.24, 2.45) is 5.92 Å². The number of carbonyl (C=O) groups is 1. The largest absolute Gasteiger partial charge is 0.458 e. The maximum atomic E-state index is 11.4. The van der Waals surface area contributed by atoms with E-state index >= 15 is 0 Å². The van der Waals surface area contributed by atoms with Crippen LogP contribution in [0.4, 0.5) is 0 Å². The summed E-state index contributed by atoms with van der Waals surface area (Å²) in [6.45, 7) is 12.2. The molecule has 0 aromatic rings. The quantitative estimate of drug-likeness (QED) is 0.692. The van der Waals surface area contributed by atoms with E-state index in [2.05, 4.69) is 34.6 Å². The van der Waals surface area contributed by atoms with Gasteiger partial charge in [0.05, 0.1) is 11.2 Å². The predicted molar refractivity (Wildman–Crippen MR) is 70.0 cm³/mol. The SMILES string of the molecule is CCC(=O)CC(C)CB1OC(C)(C)C(C)(C)O1. The lowest BCUT2D eigenvalue weighted by atomic mass is 9.76. The minimum absolute atomic E-state index is 0.181. The highest BCUT2D eigenvalue weighted by Gasteiger charge is 2.51. The highest BCUT2D eigenvalue weighted by atomic mass is 16.7. The normalized spacial score (nSPS) is 23.8. The highest BCUT2D eigenvalue weighted by Crippen LogP contribution is 2.38. The van der Waals surface area contributed by atoms with Crippen LogP contribution in [0, 0.1) is 5.92 Å². The lowest BCUT2D eigenvalue weighted by Crippen LogP contribution is -2.41. The molecule has 0 aromatic carbocycles. The van der Waals surface area contributed by atoms with Gasteiger partial charge in [-0.05, 0) is 39.9 Å². The zero-order valence-corrected chi connectivity index (χ0v) is 12.0. The second-order valence-corrected chi connectivity index (χ2v) is 6.12. The molecule has 0 amide bonds. The molecule has 0 aromatic heterocycles. The molecule has 1 aliphatic rings.